The molecule has 8 nitrogen and oxygen atoms in total. The first-order valence-electron chi connectivity index (χ1n) is 9.38. The first kappa shape index (κ1) is 20.8. The smallest absolute Gasteiger partial charge is 0.464 e. The van der Waals surface area contributed by atoms with Gasteiger partial charge in [-0.25, -0.2) is 0 Å². The van der Waals surface area contributed by atoms with Crippen LogP contribution in [0.4, 0.5) is 0 Å². The number of ether oxygens (including phenoxy) is 3. The van der Waals surface area contributed by atoms with Gasteiger partial charge in [-0.1, -0.05) is 6.07 Å². The number of hydrogen-bond acceptors (Lipinski definition) is 7. The second-order valence-electron chi connectivity index (χ2n) is 7.36. The number of esters is 1. The van der Waals surface area contributed by atoms with Crippen molar-refractivity contribution in [2.24, 2.45) is 5.41 Å². The summed E-state index contributed by atoms with van der Waals surface area (Å²) in [4.78, 5) is 24.6. The van der Waals surface area contributed by atoms with E-state index in [-0.39, 0.29) is 18.6 Å². The Hall–Kier alpha value is -1.94. The van der Waals surface area contributed by atoms with E-state index in [4.69, 9.17) is 18.9 Å². The molecule has 2 aliphatic rings. The lowest BCUT2D eigenvalue weighted by Gasteiger charge is -2.35. The molecule has 0 bridgehead atoms. The van der Waals surface area contributed by atoms with Gasteiger partial charge in [0.15, 0.2) is 0 Å². The molecule has 0 radical (unpaired) electrons. The number of fused-ring (bicyclic) bond motifs is 1. The Morgan fingerprint density at radius 1 is 1.29 bits per heavy atom. The van der Waals surface area contributed by atoms with Gasteiger partial charge in [0.25, 0.3) is 5.91 Å². The minimum absolute atomic E-state index is 0.228. The average Bonchev–Trinajstić information content (AvgIpc) is 3.07. The number of carbonyl (C=O) groups excluding carboxylic acids is 2. The Morgan fingerprint density at radius 2 is 2.04 bits per heavy atom. The Kier molecular flexibility index (Phi) is 6.71. The zero-order chi connectivity index (χ0) is 20.1. The topological polar surface area (TPSA) is 103 Å². The monoisotopic (exact) mass is 391 g/mol. The van der Waals surface area contributed by atoms with E-state index in [0.717, 1.165) is 18.4 Å². The highest BCUT2D eigenvalue weighted by molar-refractivity contribution is 6.62. The van der Waals surface area contributed by atoms with Gasteiger partial charge < -0.3 is 29.2 Å². The molecule has 3 rings (SSSR count). The van der Waals surface area contributed by atoms with E-state index >= 15 is 0 Å². The average molecular weight is 391 g/mol. The summed E-state index contributed by atoms with van der Waals surface area (Å²) >= 11 is 0. The molecule has 0 spiro atoms. The molecule has 2 heterocycles. The molecule has 0 aliphatic carbocycles. The maximum absolute atomic E-state index is 12.5. The predicted molar refractivity (Wildman–Crippen MR) is 101 cm³/mol. The largest absolute Gasteiger partial charge is 0.492 e. The van der Waals surface area contributed by atoms with Gasteiger partial charge in [-0.15, -0.1) is 0 Å². The van der Waals surface area contributed by atoms with Gasteiger partial charge in [0, 0.05) is 31.3 Å². The zero-order valence-corrected chi connectivity index (χ0v) is 16.3. The summed E-state index contributed by atoms with van der Waals surface area (Å²) in [5.74, 6) is -0.897. The Bertz CT molecular complexity index is 728. The summed E-state index contributed by atoms with van der Waals surface area (Å²) in [6.07, 6.45) is 1.53. The van der Waals surface area contributed by atoms with E-state index in [0.29, 0.717) is 43.0 Å². The van der Waals surface area contributed by atoms with E-state index in [9.17, 15) is 14.6 Å². The highest BCUT2D eigenvalue weighted by Crippen LogP contribution is 2.31. The minimum atomic E-state index is -1.02. The standard InChI is InChI=1S/C19H26BNO7/c1-13-15(4-3-14-10-28-20(24)17(13)14)18(23)21-9-16(22)27-12-19(11-25-2)5-7-26-8-6-19/h3-4,24H,5-12H2,1-2H3,(H,21,23). The Labute approximate surface area is 164 Å². The number of benzene rings is 1. The number of carbonyl (C=O) groups is 2. The fraction of sp³-hybridized carbons (Fsp3) is 0.579. The lowest BCUT2D eigenvalue weighted by Crippen LogP contribution is -2.40. The molecule has 9 heteroatoms. The highest BCUT2D eigenvalue weighted by atomic mass is 16.5. The minimum Gasteiger partial charge on any atom is -0.464 e. The second kappa shape index (κ2) is 9.04. The first-order valence-corrected chi connectivity index (χ1v) is 9.38. The summed E-state index contributed by atoms with van der Waals surface area (Å²) < 4.78 is 21.2. The van der Waals surface area contributed by atoms with Gasteiger partial charge in [-0.05, 0) is 42.4 Å². The van der Waals surface area contributed by atoms with Crippen molar-refractivity contribution in [1.29, 1.82) is 0 Å². The van der Waals surface area contributed by atoms with Crippen LogP contribution in [0.1, 0.15) is 34.3 Å². The number of nitrogens with one attached hydrogen (secondary N) is 1. The molecule has 0 unspecified atom stereocenters. The van der Waals surface area contributed by atoms with Crippen molar-refractivity contribution in [3.63, 3.8) is 0 Å². The highest BCUT2D eigenvalue weighted by Gasteiger charge is 2.34. The van der Waals surface area contributed by atoms with Crippen LogP contribution in [0.15, 0.2) is 12.1 Å². The predicted octanol–water partition coefficient (Wildman–Crippen LogP) is -0.0711. The fourth-order valence-electron chi connectivity index (χ4n) is 3.73. The van der Waals surface area contributed by atoms with Crippen LogP contribution in [0.5, 0.6) is 0 Å². The van der Waals surface area contributed by atoms with Crippen LogP contribution >= 0.6 is 0 Å². The van der Waals surface area contributed by atoms with Gasteiger partial charge >= 0.3 is 13.1 Å². The Balaban J connectivity index is 1.53. The quantitative estimate of drug-likeness (QED) is 0.495. The molecule has 2 N–H and O–H groups in total. The summed E-state index contributed by atoms with van der Waals surface area (Å²) in [6, 6.07) is 3.43. The summed E-state index contributed by atoms with van der Waals surface area (Å²) in [5, 5.41) is 12.5. The number of methoxy groups -OCH3 is 1. The van der Waals surface area contributed by atoms with E-state index < -0.39 is 19.0 Å². The molecule has 152 valence electrons. The van der Waals surface area contributed by atoms with Crippen LogP contribution in [0.2, 0.25) is 0 Å². The van der Waals surface area contributed by atoms with Crippen LogP contribution < -0.4 is 10.8 Å². The van der Waals surface area contributed by atoms with Gasteiger partial charge in [-0.2, -0.15) is 0 Å². The fourth-order valence-corrected chi connectivity index (χ4v) is 3.73. The Morgan fingerprint density at radius 3 is 2.75 bits per heavy atom. The van der Waals surface area contributed by atoms with Crippen molar-refractivity contribution in [3.05, 3.63) is 28.8 Å². The molecule has 0 saturated carbocycles. The van der Waals surface area contributed by atoms with Crippen molar-refractivity contribution in [2.45, 2.75) is 26.4 Å². The third-order valence-electron chi connectivity index (χ3n) is 5.43. The molecule has 1 aromatic rings. The van der Waals surface area contributed by atoms with Crippen LogP contribution in [0.3, 0.4) is 0 Å². The molecule has 1 amide bonds. The summed E-state index contributed by atoms with van der Waals surface area (Å²) in [6.45, 7) is 3.81. The van der Waals surface area contributed by atoms with Crippen molar-refractivity contribution >= 4 is 24.5 Å². The van der Waals surface area contributed by atoms with Crippen molar-refractivity contribution in [3.8, 4) is 0 Å². The summed E-state index contributed by atoms with van der Waals surface area (Å²) in [7, 11) is 0.601. The van der Waals surface area contributed by atoms with Gasteiger partial charge in [0.1, 0.15) is 6.54 Å². The van der Waals surface area contributed by atoms with Crippen molar-refractivity contribution < 1.29 is 33.5 Å². The van der Waals surface area contributed by atoms with E-state index in [2.05, 4.69) is 5.32 Å². The third-order valence-corrected chi connectivity index (χ3v) is 5.43. The number of rotatable bonds is 7. The van der Waals surface area contributed by atoms with Crippen LogP contribution in [0, 0.1) is 12.3 Å². The molecule has 0 aromatic heterocycles. The zero-order valence-electron chi connectivity index (χ0n) is 16.3. The molecular formula is C19H26BNO7. The van der Waals surface area contributed by atoms with Crippen LogP contribution in [0.25, 0.3) is 0 Å². The van der Waals surface area contributed by atoms with Gasteiger partial charge in [0.2, 0.25) is 0 Å². The number of hydrogen-bond donors (Lipinski definition) is 2. The normalized spacial score (nSPS) is 17.9. The van der Waals surface area contributed by atoms with Gasteiger partial charge in [0.05, 0.1) is 19.8 Å². The van der Waals surface area contributed by atoms with E-state index in [1.54, 1.807) is 26.2 Å². The maximum atomic E-state index is 12.5. The van der Waals surface area contributed by atoms with Crippen molar-refractivity contribution in [1.82, 2.24) is 5.32 Å². The third kappa shape index (κ3) is 4.55. The molecule has 2 aliphatic heterocycles. The van der Waals surface area contributed by atoms with Crippen LogP contribution in [-0.4, -0.2) is 64.1 Å². The molecule has 1 aromatic carbocycles. The maximum Gasteiger partial charge on any atom is 0.492 e. The SMILES string of the molecule is COCC1(COC(=O)CNC(=O)c2ccc3c(c2C)B(O)OC3)CCOCC1. The lowest BCUT2D eigenvalue weighted by molar-refractivity contribution is -0.151. The lowest BCUT2D eigenvalue weighted by atomic mass is 9.75. The van der Waals surface area contributed by atoms with Gasteiger partial charge in [-0.3, -0.25) is 9.59 Å². The van der Waals surface area contributed by atoms with Crippen molar-refractivity contribution in [2.75, 3.05) is 40.1 Å². The number of amides is 1. The molecule has 1 fully saturated rings. The molecular weight excluding hydrogens is 365 g/mol. The van der Waals surface area contributed by atoms with E-state index in [1.807, 2.05) is 0 Å². The molecule has 28 heavy (non-hydrogen) atoms. The second-order valence-corrected chi connectivity index (χ2v) is 7.36. The molecule has 0 atom stereocenters. The molecule has 1 saturated heterocycles. The summed E-state index contributed by atoms with van der Waals surface area (Å²) in [5.41, 5.74) is 2.29. The first-order chi connectivity index (χ1) is 13.5. The van der Waals surface area contributed by atoms with E-state index in [1.165, 1.54) is 0 Å². The van der Waals surface area contributed by atoms with Crippen LogP contribution in [-0.2, 0) is 30.3 Å².